The normalized spacial score (nSPS) is 10.5. The average Bonchev–Trinajstić information content (AvgIpc) is 3.34. The fraction of sp³-hybridized carbons (Fsp3) is 0.0690. The average molecular weight is 561 g/mol. The van der Waals surface area contributed by atoms with Crippen LogP contribution >= 0.6 is 0 Å². The Morgan fingerprint density at radius 1 is 0.758 bits per heavy atom. The van der Waals surface area contributed by atoms with Crippen LogP contribution in [0.1, 0.15) is 11.1 Å². The van der Waals surface area contributed by atoms with Crippen molar-refractivity contribution >= 4 is 30.7 Å². The summed E-state index contributed by atoms with van der Waals surface area (Å²) in [5.41, 5.74) is 8.12. The Bertz CT molecular complexity index is 1300. The molecule has 0 amide bonds. The quantitative estimate of drug-likeness (QED) is 0.196. The van der Waals surface area contributed by atoms with E-state index in [9.17, 15) is 0 Å². The summed E-state index contributed by atoms with van der Waals surface area (Å²) in [6, 6.07) is 37.8. The maximum atomic E-state index is 3.31. The van der Waals surface area contributed by atoms with Gasteiger partial charge >= 0.3 is 26.2 Å². The molecule has 0 bridgehead atoms. The van der Waals surface area contributed by atoms with Gasteiger partial charge in [0, 0.05) is 0 Å². The first-order chi connectivity index (χ1) is 14.7. The molecule has 0 aromatic heterocycles. The predicted molar refractivity (Wildman–Crippen MR) is 130 cm³/mol. The van der Waals surface area contributed by atoms with Crippen molar-refractivity contribution in [3.05, 3.63) is 114 Å². The van der Waals surface area contributed by atoms with Crippen molar-refractivity contribution in [3.63, 3.8) is 0 Å². The van der Waals surface area contributed by atoms with Crippen molar-refractivity contribution < 1.29 is 51.0 Å². The molecule has 5 aromatic rings. The van der Waals surface area contributed by atoms with Crippen molar-refractivity contribution in [1.82, 2.24) is 0 Å². The van der Waals surface area contributed by atoms with Crippen molar-refractivity contribution in [2.75, 3.05) is 0 Å². The number of fused-ring (bicyclic) bond motifs is 4. The monoisotopic (exact) mass is 558 g/mol. The van der Waals surface area contributed by atoms with Gasteiger partial charge in [-0.1, -0.05) is 83.4 Å². The molecule has 0 nitrogen and oxygen atoms in total. The minimum absolute atomic E-state index is 0. The van der Waals surface area contributed by atoms with Gasteiger partial charge in [0.1, 0.15) is 0 Å². The minimum atomic E-state index is 0. The van der Waals surface area contributed by atoms with Crippen LogP contribution in [0.3, 0.4) is 0 Å². The molecule has 0 N–H and O–H groups in total. The molecular formula is C29H22Cl2SiZr. The third-order valence-electron chi connectivity index (χ3n) is 5.64. The van der Waals surface area contributed by atoms with Gasteiger partial charge in [-0.05, 0) is 12.5 Å². The first kappa shape index (κ1) is 27.4. The SMILES string of the molecule is Cc1cc2c(-c3ccccc3)c(C)ccc2[cH-]1.[Cl-].[Cl-].[Zr+4].[c-]1cccc2c1[Si]c1ccccc1-2. The summed E-state index contributed by atoms with van der Waals surface area (Å²) in [5, 5.41) is 5.53. The molecule has 1 aliphatic heterocycles. The fourth-order valence-corrected chi connectivity index (χ4v) is 5.56. The Kier molecular flexibility index (Phi) is 10.0. The van der Waals surface area contributed by atoms with Crippen molar-refractivity contribution in [1.29, 1.82) is 0 Å². The van der Waals surface area contributed by atoms with Crippen LogP contribution in [-0.4, -0.2) is 9.52 Å². The second-order valence-corrected chi connectivity index (χ2v) is 9.08. The van der Waals surface area contributed by atoms with Crippen LogP contribution in [0, 0.1) is 19.9 Å². The van der Waals surface area contributed by atoms with E-state index in [2.05, 4.69) is 111 Å². The van der Waals surface area contributed by atoms with Gasteiger partial charge in [0.25, 0.3) is 0 Å². The Morgan fingerprint density at radius 3 is 2.24 bits per heavy atom. The first-order valence-electron chi connectivity index (χ1n) is 10.3. The Hall–Kier alpha value is -1.83. The van der Waals surface area contributed by atoms with E-state index in [0.717, 1.165) is 9.52 Å². The van der Waals surface area contributed by atoms with Gasteiger partial charge in [-0.25, -0.2) is 0 Å². The zero-order valence-corrected chi connectivity index (χ0v) is 23.5. The molecule has 0 atom stereocenters. The third-order valence-corrected chi connectivity index (χ3v) is 7.01. The zero-order valence-electron chi connectivity index (χ0n) is 18.5. The first-order valence-corrected chi connectivity index (χ1v) is 11.3. The minimum Gasteiger partial charge on any atom is -1.00 e. The molecule has 160 valence electrons. The van der Waals surface area contributed by atoms with E-state index in [0.29, 0.717) is 0 Å². The van der Waals surface area contributed by atoms with Crippen molar-refractivity contribution in [2.24, 2.45) is 0 Å². The van der Waals surface area contributed by atoms with E-state index in [-0.39, 0.29) is 51.0 Å². The molecule has 5 aromatic carbocycles. The number of benzene rings is 4. The van der Waals surface area contributed by atoms with Crippen molar-refractivity contribution in [3.8, 4) is 22.3 Å². The maximum Gasteiger partial charge on any atom is 4.00 e. The van der Waals surface area contributed by atoms with Crippen LogP contribution in [-0.2, 0) is 26.2 Å². The van der Waals surface area contributed by atoms with E-state index in [1.54, 1.807) is 0 Å². The van der Waals surface area contributed by atoms with Gasteiger partial charge in [-0.2, -0.15) is 35.5 Å². The maximum absolute atomic E-state index is 3.31. The van der Waals surface area contributed by atoms with Crippen LogP contribution in [0.5, 0.6) is 0 Å². The standard InChI is InChI=1S/C17H15.C12H7Si.2ClH.Zr/c1-12-10-15-9-8-13(2)17(16(15)11-12)14-6-4-3-5-7-14;1-3-7-11-9(5-1)10-6-2-4-8-12(10)13-11;;;/h3-11H,1-2H3;1-7H;2*1H;/q2*-1;;;+4/p-2. The molecule has 2 radical (unpaired) electrons. The molecule has 6 rings (SSSR count). The summed E-state index contributed by atoms with van der Waals surface area (Å²) < 4.78 is 0. The summed E-state index contributed by atoms with van der Waals surface area (Å²) in [4.78, 5) is 0. The van der Waals surface area contributed by atoms with Gasteiger partial charge in [0.15, 0.2) is 0 Å². The molecular weight excluding hydrogens is 539 g/mol. The molecule has 0 saturated heterocycles. The largest absolute Gasteiger partial charge is 4.00 e. The van der Waals surface area contributed by atoms with E-state index in [4.69, 9.17) is 0 Å². The Morgan fingerprint density at radius 2 is 1.45 bits per heavy atom. The number of rotatable bonds is 1. The zero-order chi connectivity index (χ0) is 20.5. The summed E-state index contributed by atoms with van der Waals surface area (Å²) in [7, 11) is 0.795. The molecule has 0 unspecified atom stereocenters. The molecule has 33 heavy (non-hydrogen) atoms. The number of halogens is 2. The molecule has 1 aliphatic rings. The van der Waals surface area contributed by atoms with Crippen molar-refractivity contribution in [2.45, 2.75) is 13.8 Å². The topological polar surface area (TPSA) is 0 Å². The van der Waals surface area contributed by atoms with Crippen LogP contribution in [0.4, 0.5) is 0 Å². The second kappa shape index (κ2) is 12.0. The molecule has 4 heteroatoms. The summed E-state index contributed by atoms with van der Waals surface area (Å²) in [5.74, 6) is 0. The number of hydrogen-bond acceptors (Lipinski definition) is 0. The number of hydrogen-bond donors (Lipinski definition) is 0. The number of aryl methyl sites for hydroxylation is 2. The van der Waals surface area contributed by atoms with E-state index in [1.807, 2.05) is 6.07 Å². The van der Waals surface area contributed by atoms with Gasteiger partial charge < -0.3 is 24.8 Å². The fourth-order valence-electron chi connectivity index (χ4n) is 4.26. The van der Waals surface area contributed by atoms with E-state index < -0.39 is 0 Å². The summed E-state index contributed by atoms with van der Waals surface area (Å²) in [6.07, 6.45) is 0. The second-order valence-electron chi connectivity index (χ2n) is 7.79. The van der Waals surface area contributed by atoms with Gasteiger partial charge in [0.2, 0.25) is 0 Å². The van der Waals surface area contributed by atoms with Crippen LogP contribution in [0.2, 0.25) is 0 Å². The van der Waals surface area contributed by atoms with E-state index in [1.165, 1.54) is 54.5 Å². The van der Waals surface area contributed by atoms with E-state index >= 15 is 0 Å². The van der Waals surface area contributed by atoms with Crippen LogP contribution in [0.25, 0.3) is 33.0 Å². The predicted octanol–water partition coefficient (Wildman–Crippen LogP) is -0.0298. The van der Waals surface area contributed by atoms with Crippen LogP contribution in [0.15, 0.2) is 97.1 Å². The molecule has 1 heterocycles. The van der Waals surface area contributed by atoms with Gasteiger partial charge in [-0.15, -0.1) is 40.1 Å². The van der Waals surface area contributed by atoms with Crippen LogP contribution < -0.4 is 35.2 Å². The Labute approximate surface area is 230 Å². The van der Waals surface area contributed by atoms with Gasteiger partial charge in [0.05, 0.1) is 9.52 Å². The molecule has 0 spiro atoms. The molecule has 0 fully saturated rings. The third kappa shape index (κ3) is 5.64. The smallest absolute Gasteiger partial charge is 1.00 e. The summed E-state index contributed by atoms with van der Waals surface area (Å²) in [6.45, 7) is 4.34. The summed E-state index contributed by atoms with van der Waals surface area (Å²) >= 11 is 0. The van der Waals surface area contributed by atoms with Gasteiger partial charge in [-0.3, -0.25) is 0 Å². The Balaban J connectivity index is 0.000000220. The molecule has 0 saturated carbocycles. The molecule has 0 aliphatic carbocycles.